The van der Waals surface area contributed by atoms with Gasteiger partial charge in [-0.25, -0.2) is 4.79 Å². The third-order valence-corrected chi connectivity index (χ3v) is 4.50. The van der Waals surface area contributed by atoms with Crippen LogP contribution in [0, 0.1) is 6.92 Å². The van der Waals surface area contributed by atoms with Crippen LogP contribution in [0.4, 0.5) is 4.79 Å². The monoisotopic (exact) mass is 406 g/mol. The van der Waals surface area contributed by atoms with E-state index >= 15 is 0 Å². The van der Waals surface area contributed by atoms with Gasteiger partial charge >= 0.3 is 6.09 Å². The summed E-state index contributed by atoms with van der Waals surface area (Å²) in [5.41, 5.74) is 4.41. The van der Waals surface area contributed by atoms with E-state index in [1.807, 2.05) is 19.1 Å². The number of nitrogens with one attached hydrogen (secondary N) is 2. The number of rotatable bonds is 7. The summed E-state index contributed by atoms with van der Waals surface area (Å²) in [6.07, 6.45) is 3.90. The molecule has 1 aromatic carbocycles. The number of nitrogens with zero attached hydrogens (tertiary/aromatic N) is 2. The number of ether oxygens (including phenoxy) is 1. The molecule has 2 heterocycles. The molecule has 154 valence electrons. The lowest BCUT2D eigenvalue weighted by molar-refractivity contribution is 0.0950. The van der Waals surface area contributed by atoms with Crippen molar-refractivity contribution in [1.29, 1.82) is 0 Å². The summed E-state index contributed by atoms with van der Waals surface area (Å²) >= 11 is 0. The van der Waals surface area contributed by atoms with E-state index in [9.17, 15) is 9.59 Å². The van der Waals surface area contributed by atoms with Crippen LogP contribution in [0.2, 0.25) is 0 Å². The van der Waals surface area contributed by atoms with Crippen molar-refractivity contribution in [3.05, 3.63) is 77.4 Å². The van der Waals surface area contributed by atoms with Gasteiger partial charge in [0, 0.05) is 42.3 Å². The first-order valence-electron chi connectivity index (χ1n) is 9.25. The second-order valence-corrected chi connectivity index (χ2v) is 6.64. The largest absolute Gasteiger partial charge is 0.497 e. The molecule has 0 radical (unpaired) electrons. The summed E-state index contributed by atoms with van der Waals surface area (Å²) in [6, 6.07) is 10.6. The van der Waals surface area contributed by atoms with Gasteiger partial charge in [-0.05, 0) is 53.9 Å². The van der Waals surface area contributed by atoms with Crippen molar-refractivity contribution in [3.63, 3.8) is 0 Å². The fraction of sp³-hybridized carbons (Fsp3) is 0.182. The molecule has 0 aliphatic heterocycles. The van der Waals surface area contributed by atoms with E-state index in [1.165, 1.54) is 0 Å². The predicted molar refractivity (Wildman–Crippen MR) is 111 cm³/mol. The lowest BCUT2D eigenvalue weighted by Gasteiger charge is -2.12. The van der Waals surface area contributed by atoms with Gasteiger partial charge in [0.15, 0.2) is 0 Å². The van der Waals surface area contributed by atoms with Crippen LogP contribution in [0.5, 0.6) is 5.75 Å². The zero-order valence-corrected chi connectivity index (χ0v) is 16.7. The van der Waals surface area contributed by atoms with Crippen molar-refractivity contribution in [2.24, 2.45) is 0 Å². The van der Waals surface area contributed by atoms with Crippen molar-refractivity contribution in [2.45, 2.75) is 20.0 Å². The van der Waals surface area contributed by atoms with Gasteiger partial charge in [-0.1, -0.05) is 0 Å². The Kier molecular flexibility index (Phi) is 6.59. The van der Waals surface area contributed by atoms with Gasteiger partial charge in [-0.15, -0.1) is 0 Å². The maximum atomic E-state index is 12.8. The van der Waals surface area contributed by atoms with Crippen LogP contribution in [0.15, 0.2) is 55.0 Å². The van der Waals surface area contributed by atoms with E-state index in [0.29, 0.717) is 22.6 Å². The van der Waals surface area contributed by atoms with Crippen molar-refractivity contribution in [1.82, 2.24) is 20.6 Å². The van der Waals surface area contributed by atoms with Crippen LogP contribution in [-0.4, -0.2) is 34.2 Å². The molecule has 0 aliphatic carbocycles. The fourth-order valence-corrected chi connectivity index (χ4v) is 2.98. The molecule has 0 spiro atoms. The number of aromatic nitrogens is 2. The van der Waals surface area contributed by atoms with Gasteiger partial charge in [-0.2, -0.15) is 0 Å². The molecule has 2 aromatic heterocycles. The molecule has 30 heavy (non-hydrogen) atoms. The van der Waals surface area contributed by atoms with Crippen LogP contribution in [0.25, 0.3) is 11.1 Å². The highest BCUT2D eigenvalue weighted by Crippen LogP contribution is 2.25. The minimum absolute atomic E-state index is 0.0835. The fourth-order valence-electron chi connectivity index (χ4n) is 2.98. The Balaban J connectivity index is 1.86. The van der Waals surface area contributed by atoms with Crippen LogP contribution in [0.1, 0.15) is 27.2 Å². The number of methoxy groups -OCH3 is 1. The molecule has 0 bridgehead atoms. The van der Waals surface area contributed by atoms with Crippen molar-refractivity contribution >= 4 is 12.0 Å². The Hall–Kier alpha value is -3.94. The van der Waals surface area contributed by atoms with Gasteiger partial charge < -0.3 is 20.5 Å². The van der Waals surface area contributed by atoms with E-state index < -0.39 is 6.09 Å². The molecule has 0 atom stereocenters. The van der Waals surface area contributed by atoms with Crippen molar-refractivity contribution in [3.8, 4) is 16.9 Å². The minimum Gasteiger partial charge on any atom is -0.497 e. The first-order valence-corrected chi connectivity index (χ1v) is 9.25. The van der Waals surface area contributed by atoms with Gasteiger partial charge in [0.2, 0.25) is 0 Å². The van der Waals surface area contributed by atoms with E-state index in [4.69, 9.17) is 9.84 Å². The normalized spacial score (nSPS) is 10.3. The minimum atomic E-state index is -1.13. The van der Waals surface area contributed by atoms with Crippen molar-refractivity contribution in [2.75, 3.05) is 7.11 Å². The second-order valence-electron chi connectivity index (χ2n) is 6.64. The van der Waals surface area contributed by atoms with Crippen LogP contribution in [-0.2, 0) is 13.1 Å². The zero-order valence-electron chi connectivity index (χ0n) is 16.7. The van der Waals surface area contributed by atoms with Gasteiger partial charge in [0.1, 0.15) is 5.75 Å². The van der Waals surface area contributed by atoms with Gasteiger partial charge in [0.25, 0.3) is 5.91 Å². The standard InChI is InChI=1S/C22H22N4O4/c1-14-3-5-23-13-20(14)16-7-15(11-26-22(28)29)8-17(9-16)21(27)25-12-18-10-19(30-2)4-6-24-18/h3-10,13,26H,11-12H2,1-2H3,(H,25,27)(H,28,29). The van der Waals surface area contributed by atoms with E-state index in [2.05, 4.69) is 20.6 Å². The second kappa shape index (κ2) is 9.51. The lowest BCUT2D eigenvalue weighted by atomic mass is 9.97. The smallest absolute Gasteiger partial charge is 0.404 e. The first-order chi connectivity index (χ1) is 14.5. The SMILES string of the molecule is COc1ccnc(CNC(=O)c2cc(CNC(=O)O)cc(-c3cnccc3C)c2)c1. The first kappa shape index (κ1) is 20.8. The van der Waals surface area contributed by atoms with Gasteiger partial charge in [-0.3, -0.25) is 14.8 Å². The average molecular weight is 406 g/mol. The summed E-state index contributed by atoms with van der Waals surface area (Å²) in [6.45, 7) is 2.27. The Bertz CT molecular complexity index is 1070. The maximum absolute atomic E-state index is 12.8. The molecule has 8 nitrogen and oxygen atoms in total. The van der Waals surface area contributed by atoms with Crippen molar-refractivity contribution < 1.29 is 19.4 Å². The van der Waals surface area contributed by atoms with E-state index in [0.717, 1.165) is 16.7 Å². The van der Waals surface area contributed by atoms with E-state index in [1.54, 1.807) is 50.0 Å². The summed E-state index contributed by atoms with van der Waals surface area (Å²) in [4.78, 5) is 32.1. The zero-order chi connectivity index (χ0) is 21.5. The number of amides is 2. The third-order valence-electron chi connectivity index (χ3n) is 4.50. The highest BCUT2D eigenvalue weighted by atomic mass is 16.5. The topological polar surface area (TPSA) is 113 Å². The molecule has 0 aliphatic rings. The number of hydrogen-bond donors (Lipinski definition) is 3. The molecule has 0 fully saturated rings. The van der Waals surface area contributed by atoms with Gasteiger partial charge in [0.05, 0.1) is 19.3 Å². The number of pyridine rings is 2. The summed E-state index contributed by atoms with van der Waals surface area (Å²) in [7, 11) is 1.57. The maximum Gasteiger partial charge on any atom is 0.404 e. The average Bonchev–Trinajstić information content (AvgIpc) is 2.76. The molecule has 0 saturated heterocycles. The number of aryl methyl sites for hydroxylation is 1. The lowest BCUT2D eigenvalue weighted by Crippen LogP contribution is -2.24. The molecule has 3 rings (SSSR count). The van der Waals surface area contributed by atoms with Crippen LogP contribution < -0.4 is 15.4 Å². The van der Waals surface area contributed by atoms with Crippen LogP contribution >= 0.6 is 0 Å². The molecule has 2 amide bonds. The highest BCUT2D eigenvalue weighted by Gasteiger charge is 2.12. The highest BCUT2D eigenvalue weighted by molar-refractivity contribution is 5.95. The molecule has 3 N–H and O–H groups in total. The summed E-state index contributed by atoms with van der Waals surface area (Å²) in [5.74, 6) is 0.366. The number of carbonyl (C=O) groups excluding carboxylic acids is 1. The molecular weight excluding hydrogens is 384 g/mol. The molecule has 0 saturated carbocycles. The van der Waals surface area contributed by atoms with E-state index in [-0.39, 0.29) is 19.0 Å². The summed E-state index contributed by atoms with van der Waals surface area (Å²) in [5, 5.41) is 14.1. The quantitative estimate of drug-likeness (QED) is 0.555. The summed E-state index contributed by atoms with van der Waals surface area (Å²) < 4.78 is 5.17. The molecule has 0 unspecified atom stereocenters. The molecular formula is C22H22N4O4. The molecule has 8 heteroatoms. The third kappa shape index (κ3) is 5.32. The number of benzene rings is 1. The number of carboxylic acid groups (broad SMARTS) is 1. The Morgan fingerprint density at radius 3 is 2.63 bits per heavy atom. The number of hydrogen-bond acceptors (Lipinski definition) is 5. The Labute approximate surface area is 174 Å². The number of carbonyl (C=O) groups is 2. The van der Waals surface area contributed by atoms with Crippen LogP contribution in [0.3, 0.4) is 0 Å². The molecule has 3 aromatic rings. The predicted octanol–water partition coefficient (Wildman–Crippen LogP) is 3.16. The Morgan fingerprint density at radius 2 is 1.90 bits per heavy atom. The Morgan fingerprint density at radius 1 is 1.07 bits per heavy atom.